The van der Waals surface area contributed by atoms with Gasteiger partial charge in [0, 0.05) is 25.6 Å². The molecular weight excluding hydrogens is 428 g/mol. The molecule has 0 aliphatic rings. The van der Waals surface area contributed by atoms with Gasteiger partial charge in [-0.3, -0.25) is 4.79 Å². The number of aromatic nitrogens is 2. The van der Waals surface area contributed by atoms with Crippen molar-refractivity contribution in [3.05, 3.63) is 58.4 Å². The first kappa shape index (κ1) is 23.6. The number of aryl methyl sites for hydroxylation is 2. The number of sulfonamides is 1. The average Bonchev–Trinajstić information content (AvgIpc) is 3.21. The van der Waals surface area contributed by atoms with Gasteiger partial charge in [0.2, 0.25) is 10.0 Å². The molecule has 3 aromatic rings. The number of rotatable bonds is 6. The van der Waals surface area contributed by atoms with Gasteiger partial charge < -0.3 is 9.84 Å². The molecule has 2 aromatic carbocycles. The first-order valence-corrected chi connectivity index (χ1v) is 11.7. The lowest BCUT2D eigenvalue weighted by Crippen LogP contribution is -2.24. The van der Waals surface area contributed by atoms with E-state index < -0.39 is 15.9 Å². The quantitative estimate of drug-likeness (QED) is 0.593. The van der Waals surface area contributed by atoms with Crippen LogP contribution in [0.3, 0.4) is 0 Å². The van der Waals surface area contributed by atoms with Crippen LogP contribution in [0.25, 0.3) is 11.5 Å². The highest BCUT2D eigenvalue weighted by Crippen LogP contribution is 2.31. The van der Waals surface area contributed by atoms with Crippen LogP contribution < -0.4 is 5.32 Å². The molecule has 3 rings (SSSR count). The van der Waals surface area contributed by atoms with Gasteiger partial charge in [-0.1, -0.05) is 31.1 Å². The molecule has 0 atom stereocenters. The second kappa shape index (κ2) is 8.84. The number of hydrogen-bond acceptors (Lipinski definition) is 6. The van der Waals surface area contributed by atoms with Crippen molar-refractivity contribution in [1.82, 2.24) is 14.4 Å². The Bertz CT molecular complexity index is 1280. The maximum absolute atomic E-state index is 13.2. The minimum absolute atomic E-state index is 0.1000. The Balaban J connectivity index is 2.04. The molecule has 1 N–H and O–H groups in total. The zero-order chi connectivity index (χ0) is 23.8. The van der Waals surface area contributed by atoms with Crippen LogP contribution in [0, 0.1) is 20.8 Å². The summed E-state index contributed by atoms with van der Waals surface area (Å²) in [7, 11) is -0.775. The number of amides is 1. The first-order chi connectivity index (χ1) is 14.9. The number of anilines is 1. The van der Waals surface area contributed by atoms with Crippen LogP contribution in [0.15, 0.2) is 39.8 Å². The van der Waals surface area contributed by atoms with Crippen molar-refractivity contribution < 1.29 is 17.7 Å². The summed E-state index contributed by atoms with van der Waals surface area (Å²) in [6.07, 6.45) is 0. The third-order valence-corrected chi connectivity index (χ3v) is 7.28. The SMILES string of the molecule is Cc1cc(C(=O)Nc2c(C)cccc2-c2nc(C(C)C)no2)cc(S(=O)(=O)N(C)C)c1C. The fourth-order valence-corrected chi connectivity index (χ4v) is 4.42. The van der Waals surface area contributed by atoms with Crippen molar-refractivity contribution >= 4 is 21.6 Å². The van der Waals surface area contributed by atoms with E-state index in [-0.39, 0.29) is 16.4 Å². The Morgan fingerprint density at radius 1 is 1.09 bits per heavy atom. The Kier molecular flexibility index (Phi) is 6.52. The van der Waals surface area contributed by atoms with E-state index in [4.69, 9.17) is 4.52 Å². The molecule has 0 saturated heterocycles. The van der Waals surface area contributed by atoms with Crippen molar-refractivity contribution in [1.29, 1.82) is 0 Å². The van der Waals surface area contributed by atoms with Gasteiger partial charge in [-0.15, -0.1) is 0 Å². The van der Waals surface area contributed by atoms with Gasteiger partial charge in [-0.25, -0.2) is 12.7 Å². The van der Waals surface area contributed by atoms with Gasteiger partial charge in [-0.2, -0.15) is 4.98 Å². The third kappa shape index (κ3) is 4.44. The number of hydrogen-bond donors (Lipinski definition) is 1. The van der Waals surface area contributed by atoms with Crippen molar-refractivity contribution in [2.24, 2.45) is 0 Å². The molecule has 0 radical (unpaired) electrons. The van der Waals surface area contributed by atoms with Crippen LogP contribution in [-0.4, -0.2) is 42.9 Å². The third-order valence-electron chi connectivity index (χ3n) is 5.34. The summed E-state index contributed by atoms with van der Waals surface area (Å²) in [5.74, 6) is 0.556. The van der Waals surface area contributed by atoms with Crippen LogP contribution in [-0.2, 0) is 10.0 Å². The first-order valence-electron chi connectivity index (χ1n) is 10.2. The smallest absolute Gasteiger partial charge is 0.260 e. The van der Waals surface area contributed by atoms with Gasteiger partial charge in [0.15, 0.2) is 5.82 Å². The summed E-state index contributed by atoms with van der Waals surface area (Å²) in [5.41, 5.74) is 3.51. The highest BCUT2D eigenvalue weighted by molar-refractivity contribution is 7.89. The van der Waals surface area contributed by atoms with Gasteiger partial charge in [-0.05, 0) is 55.7 Å². The van der Waals surface area contributed by atoms with E-state index in [0.717, 1.165) is 9.87 Å². The van der Waals surface area contributed by atoms with E-state index >= 15 is 0 Å². The van der Waals surface area contributed by atoms with Crippen LogP contribution in [0.1, 0.15) is 52.6 Å². The highest BCUT2D eigenvalue weighted by Gasteiger charge is 2.24. The van der Waals surface area contributed by atoms with E-state index in [1.165, 1.54) is 20.2 Å². The topological polar surface area (TPSA) is 105 Å². The number of nitrogens with zero attached hydrogens (tertiary/aromatic N) is 3. The lowest BCUT2D eigenvalue weighted by Gasteiger charge is -2.17. The molecule has 0 unspecified atom stereocenters. The number of benzene rings is 2. The Hall–Kier alpha value is -3.04. The molecule has 32 heavy (non-hydrogen) atoms. The van der Waals surface area contributed by atoms with Crippen molar-refractivity contribution in [3.63, 3.8) is 0 Å². The molecule has 0 aliphatic heterocycles. The minimum atomic E-state index is -3.70. The predicted molar refractivity (Wildman–Crippen MR) is 123 cm³/mol. The van der Waals surface area contributed by atoms with Crippen LogP contribution in [0.2, 0.25) is 0 Å². The molecule has 1 aromatic heterocycles. The fourth-order valence-electron chi connectivity index (χ4n) is 3.20. The second-order valence-electron chi connectivity index (χ2n) is 8.27. The average molecular weight is 457 g/mol. The summed E-state index contributed by atoms with van der Waals surface area (Å²) in [4.78, 5) is 17.7. The maximum Gasteiger partial charge on any atom is 0.260 e. The number of nitrogens with one attached hydrogen (secondary N) is 1. The number of para-hydroxylation sites is 1. The summed E-state index contributed by atoms with van der Waals surface area (Å²) in [6.45, 7) is 9.31. The molecule has 1 heterocycles. The van der Waals surface area contributed by atoms with Gasteiger partial charge in [0.25, 0.3) is 11.8 Å². The highest BCUT2D eigenvalue weighted by atomic mass is 32.2. The van der Waals surface area contributed by atoms with Crippen molar-refractivity contribution in [2.45, 2.75) is 45.4 Å². The van der Waals surface area contributed by atoms with E-state index in [1.807, 2.05) is 32.9 Å². The van der Waals surface area contributed by atoms with Crippen LogP contribution in [0.4, 0.5) is 5.69 Å². The van der Waals surface area contributed by atoms with Gasteiger partial charge in [0.05, 0.1) is 16.1 Å². The molecule has 8 nitrogen and oxygen atoms in total. The molecule has 1 amide bonds. The maximum atomic E-state index is 13.2. The molecular formula is C23H28N4O4S. The molecule has 0 bridgehead atoms. The molecule has 0 saturated carbocycles. The monoisotopic (exact) mass is 456 g/mol. The minimum Gasteiger partial charge on any atom is -0.334 e. The predicted octanol–water partition coefficient (Wildman–Crippen LogP) is 4.29. The summed E-state index contributed by atoms with van der Waals surface area (Å²) in [6, 6.07) is 8.59. The van der Waals surface area contributed by atoms with E-state index in [1.54, 1.807) is 26.0 Å². The lowest BCUT2D eigenvalue weighted by atomic mass is 10.0. The van der Waals surface area contributed by atoms with Gasteiger partial charge in [0.1, 0.15) is 0 Å². The zero-order valence-electron chi connectivity index (χ0n) is 19.3. The fraction of sp³-hybridized carbons (Fsp3) is 0.348. The Morgan fingerprint density at radius 3 is 2.38 bits per heavy atom. The summed E-state index contributed by atoms with van der Waals surface area (Å²) >= 11 is 0. The normalized spacial score (nSPS) is 11.9. The van der Waals surface area contributed by atoms with Gasteiger partial charge >= 0.3 is 0 Å². The van der Waals surface area contributed by atoms with Crippen LogP contribution >= 0.6 is 0 Å². The number of carbonyl (C=O) groups is 1. The van der Waals surface area contributed by atoms with E-state index in [0.29, 0.717) is 34.1 Å². The second-order valence-corrected chi connectivity index (χ2v) is 10.4. The standard InChI is InChI=1S/C23H28N4O4S/c1-13(2)21-25-23(31-26-21)18-10-8-9-14(3)20(18)24-22(28)17-11-15(4)16(5)19(12-17)32(29,30)27(6)7/h8-13H,1-7H3,(H,24,28). The Morgan fingerprint density at radius 2 is 1.78 bits per heavy atom. The lowest BCUT2D eigenvalue weighted by molar-refractivity contribution is 0.102. The molecule has 9 heteroatoms. The summed E-state index contributed by atoms with van der Waals surface area (Å²) in [5, 5.41) is 6.92. The summed E-state index contributed by atoms with van der Waals surface area (Å²) < 4.78 is 32.1. The van der Waals surface area contributed by atoms with Crippen LogP contribution in [0.5, 0.6) is 0 Å². The van der Waals surface area contributed by atoms with Crippen molar-refractivity contribution in [3.8, 4) is 11.5 Å². The molecule has 0 spiro atoms. The van der Waals surface area contributed by atoms with E-state index in [9.17, 15) is 13.2 Å². The molecule has 0 fully saturated rings. The number of carbonyl (C=O) groups excluding carboxylic acids is 1. The molecule has 170 valence electrons. The van der Waals surface area contributed by atoms with E-state index in [2.05, 4.69) is 15.5 Å². The molecule has 0 aliphatic carbocycles. The largest absolute Gasteiger partial charge is 0.334 e. The zero-order valence-corrected chi connectivity index (χ0v) is 20.2. The van der Waals surface area contributed by atoms with Crippen molar-refractivity contribution in [2.75, 3.05) is 19.4 Å². The Labute approximate surface area is 188 Å².